The molecule has 2 atom stereocenters. The predicted molar refractivity (Wildman–Crippen MR) is 125 cm³/mol. The van der Waals surface area contributed by atoms with Gasteiger partial charge >= 0.3 is 6.09 Å². The van der Waals surface area contributed by atoms with Crippen molar-refractivity contribution in [1.82, 2.24) is 0 Å². The highest BCUT2D eigenvalue weighted by molar-refractivity contribution is 7.87. The van der Waals surface area contributed by atoms with Crippen LogP contribution in [0.1, 0.15) is 50.2 Å². The summed E-state index contributed by atoms with van der Waals surface area (Å²) in [4.78, 5) is 13.3. The average molecular weight is 428 g/mol. The first-order chi connectivity index (χ1) is 14.6. The van der Waals surface area contributed by atoms with Crippen molar-refractivity contribution in [2.24, 2.45) is 4.36 Å². The Morgan fingerprint density at radius 3 is 2.53 bits per heavy atom. The largest absolute Gasteiger partial charge is 0.443 e. The van der Waals surface area contributed by atoms with Crippen LogP contribution in [0.2, 0.25) is 0 Å². The molecule has 0 radical (unpaired) electrons. The van der Waals surface area contributed by atoms with Crippen LogP contribution in [-0.4, -0.2) is 23.1 Å². The van der Waals surface area contributed by atoms with Crippen molar-refractivity contribution in [3.05, 3.63) is 77.9 Å². The highest BCUT2D eigenvalue weighted by Crippen LogP contribution is 2.14. The molecule has 2 rings (SSSR count). The van der Waals surface area contributed by atoms with Gasteiger partial charge in [-0.05, 0) is 37.5 Å². The molecule has 0 aliphatic heterocycles. The molecule has 0 aliphatic rings. The van der Waals surface area contributed by atoms with E-state index in [4.69, 9.17) is 4.74 Å². The number of allylic oxidation sites excluding steroid dienone is 1. The fourth-order valence-corrected chi connectivity index (χ4v) is 4.37. The molecule has 0 spiro atoms. The van der Waals surface area contributed by atoms with Gasteiger partial charge in [0, 0.05) is 10.6 Å². The summed E-state index contributed by atoms with van der Waals surface area (Å²) in [5.74, 6) is 0.370. The number of carbonyl (C=O) groups excluding carboxylic acids is 1. The quantitative estimate of drug-likeness (QED) is 0.334. The van der Waals surface area contributed by atoms with Gasteiger partial charge in [0.2, 0.25) is 0 Å². The lowest BCUT2D eigenvalue weighted by molar-refractivity contribution is 0.151. The molecular weight excluding hydrogens is 394 g/mol. The standard InChI is InChI=1S/C25H33NO3S/c1-3-4-5-6-7-11-14-23(27)20-30(24-17-15-21(2)16-18-24)26-25(28)29-19-22-12-9-8-10-13-22/h8-18,23,27H,3-7,19-20H2,1-2H3/b14-11-/t23-,30-/m0/s1. The summed E-state index contributed by atoms with van der Waals surface area (Å²) in [5.41, 5.74) is 2.06. The minimum atomic E-state index is -0.775. The summed E-state index contributed by atoms with van der Waals surface area (Å²) in [5, 5.41) is 10.5. The topological polar surface area (TPSA) is 58.9 Å². The maximum absolute atomic E-state index is 12.3. The second-order valence-electron chi connectivity index (χ2n) is 7.32. The third-order valence-corrected chi connectivity index (χ3v) is 6.44. The van der Waals surface area contributed by atoms with Gasteiger partial charge in [0.1, 0.15) is 6.61 Å². The van der Waals surface area contributed by atoms with E-state index in [0.29, 0.717) is 5.75 Å². The zero-order valence-corrected chi connectivity index (χ0v) is 18.8. The van der Waals surface area contributed by atoms with Gasteiger partial charge in [0.25, 0.3) is 0 Å². The second kappa shape index (κ2) is 13.9. The molecule has 2 aromatic rings. The normalized spacial score (nSPS) is 13.4. The lowest BCUT2D eigenvalue weighted by atomic mass is 10.1. The van der Waals surface area contributed by atoms with E-state index >= 15 is 0 Å². The van der Waals surface area contributed by atoms with Crippen molar-refractivity contribution < 1.29 is 14.6 Å². The average Bonchev–Trinajstić information content (AvgIpc) is 2.75. The SMILES string of the molecule is CCCCCC/C=C\[C@H](O)C/[S@](=N\C(=O)OCc1ccccc1)c1ccc(C)cc1. The van der Waals surface area contributed by atoms with E-state index in [0.717, 1.165) is 28.9 Å². The lowest BCUT2D eigenvalue weighted by Crippen LogP contribution is -2.15. The van der Waals surface area contributed by atoms with Crippen molar-refractivity contribution in [2.75, 3.05) is 5.75 Å². The highest BCUT2D eigenvalue weighted by atomic mass is 32.2. The number of unbranched alkanes of at least 4 members (excludes halogenated alkanes) is 4. The van der Waals surface area contributed by atoms with Gasteiger partial charge < -0.3 is 9.84 Å². The van der Waals surface area contributed by atoms with Crippen molar-refractivity contribution in [3.8, 4) is 0 Å². The smallest absolute Gasteiger partial charge is 0.440 e. The van der Waals surface area contributed by atoms with Crippen molar-refractivity contribution in [2.45, 2.75) is 63.6 Å². The van der Waals surface area contributed by atoms with Crippen molar-refractivity contribution >= 4 is 16.8 Å². The van der Waals surface area contributed by atoms with E-state index < -0.39 is 22.9 Å². The third-order valence-electron chi connectivity index (χ3n) is 4.59. The number of rotatable bonds is 11. The number of amides is 1. The molecule has 1 amide bonds. The molecule has 2 aromatic carbocycles. The van der Waals surface area contributed by atoms with E-state index in [9.17, 15) is 9.90 Å². The van der Waals surface area contributed by atoms with Gasteiger partial charge in [0.05, 0.1) is 6.10 Å². The zero-order valence-electron chi connectivity index (χ0n) is 18.0. The van der Waals surface area contributed by atoms with Crippen LogP contribution in [0.15, 0.2) is 76.0 Å². The van der Waals surface area contributed by atoms with E-state index in [-0.39, 0.29) is 6.61 Å². The van der Waals surface area contributed by atoms with Crippen LogP contribution in [0.5, 0.6) is 0 Å². The molecule has 5 heteroatoms. The van der Waals surface area contributed by atoms with Crippen LogP contribution in [0.25, 0.3) is 0 Å². The molecule has 0 aliphatic carbocycles. The Hall–Kier alpha value is -2.24. The molecule has 0 bridgehead atoms. The summed E-state index contributed by atoms with van der Waals surface area (Å²) >= 11 is 0. The molecule has 162 valence electrons. The Kier molecular flexibility index (Phi) is 11.1. The molecular formula is C25H33NO3S. The summed E-state index contributed by atoms with van der Waals surface area (Å²) in [6, 6.07) is 17.5. The maximum atomic E-state index is 12.3. The second-order valence-corrected chi connectivity index (χ2v) is 9.04. The third kappa shape index (κ3) is 9.51. The van der Waals surface area contributed by atoms with Gasteiger partial charge in [-0.2, -0.15) is 0 Å². The first kappa shape index (κ1) is 24.0. The number of hydrogen-bond acceptors (Lipinski definition) is 3. The summed E-state index contributed by atoms with van der Waals surface area (Å²) in [6.07, 6.45) is 8.39. The fourth-order valence-electron chi connectivity index (χ4n) is 2.88. The monoisotopic (exact) mass is 427 g/mol. The lowest BCUT2D eigenvalue weighted by Gasteiger charge is -2.12. The van der Waals surface area contributed by atoms with Crippen LogP contribution in [-0.2, 0) is 22.0 Å². The van der Waals surface area contributed by atoms with E-state index in [2.05, 4.69) is 11.3 Å². The molecule has 30 heavy (non-hydrogen) atoms. The van der Waals surface area contributed by atoms with E-state index in [1.54, 1.807) is 0 Å². The van der Waals surface area contributed by atoms with Crippen molar-refractivity contribution in [1.29, 1.82) is 0 Å². The van der Waals surface area contributed by atoms with Crippen LogP contribution >= 0.6 is 0 Å². The number of ether oxygens (including phenoxy) is 1. The van der Waals surface area contributed by atoms with Crippen LogP contribution in [0.3, 0.4) is 0 Å². The van der Waals surface area contributed by atoms with E-state index in [1.807, 2.05) is 73.7 Å². The molecule has 4 nitrogen and oxygen atoms in total. The molecule has 0 saturated carbocycles. The van der Waals surface area contributed by atoms with Crippen molar-refractivity contribution in [3.63, 3.8) is 0 Å². The molecule has 0 fully saturated rings. The summed E-state index contributed by atoms with van der Waals surface area (Å²) in [7, 11) is -0.775. The Balaban J connectivity index is 2.01. The van der Waals surface area contributed by atoms with Gasteiger partial charge in [-0.3, -0.25) is 0 Å². The van der Waals surface area contributed by atoms with Gasteiger partial charge in [-0.15, -0.1) is 4.36 Å². The summed E-state index contributed by atoms with van der Waals surface area (Å²) in [6.45, 7) is 4.40. The maximum Gasteiger partial charge on any atom is 0.440 e. The molecule has 0 saturated heterocycles. The first-order valence-electron chi connectivity index (χ1n) is 10.6. The molecule has 0 unspecified atom stereocenters. The van der Waals surface area contributed by atoms with Crippen LogP contribution in [0, 0.1) is 6.92 Å². The van der Waals surface area contributed by atoms with Crippen LogP contribution < -0.4 is 0 Å². The highest BCUT2D eigenvalue weighted by Gasteiger charge is 2.11. The van der Waals surface area contributed by atoms with Gasteiger partial charge in [-0.1, -0.05) is 97.1 Å². The number of hydrogen-bond donors (Lipinski definition) is 1. The number of aliphatic hydroxyl groups excluding tert-OH is 1. The number of benzene rings is 2. The van der Waals surface area contributed by atoms with E-state index in [1.165, 1.54) is 19.3 Å². The Labute approximate surface area is 183 Å². The molecule has 0 heterocycles. The minimum Gasteiger partial charge on any atom is -0.443 e. The molecule has 0 aromatic heterocycles. The number of carbonyl (C=O) groups is 1. The number of nitrogens with zero attached hydrogens (tertiary/aromatic N) is 1. The Morgan fingerprint density at radius 2 is 1.83 bits per heavy atom. The predicted octanol–water partition coefficient (Wildman–Crippen LogP) is 6.38. The fraction of sp³-hybridized carbons (Fsp3) is 0.400. The Morgan fingerprint density at radius 1 is 1.10 bits per heavy atom. The summed E-state index contributed by atoms with van der Waals surface area (Å²) < 4.78 is 9.60. The Bertz CT molecular complexity index is 816. The minimum absolute atomic E-state index is 0.189. The number of aryl methyl sites for hydroxylation is 1. The van der Waals surface area contributed by atoms with Crippen LogP contribution in [0.4, 0.5) is 4.79 Å². The molecule has 1 N–H and O–H groups in total. The zero-order chi connectivity index (χ0) is 21.6. The van der Waals surface area contributed by atoms with Gasteiger partial charge in [0.15, 0.2) is 0 Å². The first-order valence-corrected chi connectivity index (χ1v) is 12.0. The number of aliphatic hydroxyl groups is 1. The van der Waals surface area contributed by atoms with Gasteiger partial charge in [-0.25, -0.2) is 4.79 Å².